The average molecular weight is 240 g/mol. The van der Waals surface area contributed by atoms with Gasteiger partial charge in [0.15, 0.2) is 9.84 Å². The highest BCUT2D eigenvalue weighted by molar-refractivity contribution is 7.91. The number of nitrogens with zero attached hydrogens (tertiary/aromatic N) is 1. The lowest BCUT2D eigenvalue weighted by Gasteiger charge is -2.25. The minimum Gasteiger partial charge on any atom is -0.338 e. The van der Waals surface area contributed by atoms with Gasteiger partial charge in [-0.3, -0.25) is 4.79 Å². The molecule has 1 aliphatic heterocycles. The number of rotatable bonds is 3. The lowest BCUT2D eigenvalue weighted by Crippen LogP contribution is -2.41. The number of carbonyl (C=O) groups excluding carboxylic acids is 1. The van der Waals surface area contributed by atoms with Gasteiger partial charge in [0.25, 0.3) is 0 Å². The molecule has 1 aliphatic rings. The number of alkyl halides is 1. The first-order valence-electron chi connectivity index (χ1n) is 4.56. The van der Waals surface area contributed by atoms with Gasteiger partial charge in [-0.25, -0.2) is 8.42 Å². The Morgan fingerprint density at radius 1 is 1.57 bits per heavy atom. The minimum atomic E-state index is -2.93. The molecule has 14 heavy (non-hydrogen) atoms. The van der Waals surface area contributed by atoms with Crippen LogP contribution in [0.1, 0.15) is 13.3 Å². The Kier molecular flexibility index (Phi) is 3.78. The van der Waals surface area contributed by atoms with E-state index in [0.717, 1.165) is 0 Å². The third-order valence-electron chi connectivity index (χ3n) is 2.42. The first-order chi connectivity index (χ1) is 6.50. The number of amides is 1. The summed E-state index contributed by atoms with van der Waals surface area (Å²) in [6.07, 6.45) is 0.540. The number of halogens is 1. The molecule has 1 saturated heterocycles. The van der Waals surface area contributed by atoms with Crippen molar-refractivity contribution >= 4 is 27.3 Å². The van der Waals surface area contributed by atoms with E-state index in [4.69, 9.17) is 11.6 Å². The first-order valence-corrected chi connectivity index (χ1v) is 6.91. The van der Waals surface area contributed by atoms with Crippen molar-refractivity contribution in [1.29, 1.82) is 0 Å². The summed E-state index contributed by atoms with van der Waals surface area (Å²) in [6.45, 7) is 2.35. The summed E-state index contributed by atoms with van der Waals surface area (Å²) in [5.41, 5.74) is 0. The Morgan fingerprint density at radius 3 is 2.57 bits per heavy atom. The summed E-state index contributed by atoms with van der Waals surface area (Å²) in [7, 11) is -2.93. The minimum absolute atomic E-state index is 0.0790. The fourth-order valence-corrected chi connectivity index (χ4v) is 3.62. The molecule has 1 fully saturated rings. The van der Waals surface area contributed by atoms with Gasteiger partial charge in [0.1, 0.15) is 5.88 Å². The first kappa shape index (κ1) is 11.8. The molecule has 0 aromatic heterocycles. The number of hydrogen-bond acceptors (Lipinski definition) is 3. The van der Waals surface area contributed by atoms with Crippen LogP contribution in [0.5, 0.6) is 0 Å². The summed E-state index contributed by atoms with van der Waals surface area (Å²) >= 11 is 5.43. The molecular weight excluding hydrogens is 226 g/mol. The van der Waals surface area contributed by atoms with E-state index in [2.05, 4.69) is 0 Å². The monoisotopic (exact) mass is 239 g/mol. The van der Waals surface area contributed by atoms with Crippen LogP contribution in [0.3, 0.4) is 0 Å². The fourth-order valence-electron chi connectivity index (χ4n) is 1.74. The molecule has 0 radical (unpaired) electrons. The standard InChI is InChI=1S/C8H14ClNO3S/c1-2-10(8(11)5-9)7-3-4-14(12,13)6-7/h7H,2-6H2,1H3/t7-/m0/s1. The highest BCUT2D eigenvalue weighted by atomic mass is 35.5. The number of sulfone groups is 1. The molecule has 1 rings (SSSR count). The van der Waals surface area contributed by atoms with E-state index >= 15 is 0 Å². The summed E-state index contributed by atoms with van der Waals surface area (Å²) in [4.78, 5) is 12.9. The quantitative estimate of drug-likeness (QED) is 0.664. The van der Waals surface area contributed by atoms with Gasteiger partial charge in [-0.2, -0.15) is 0 Å². The van der Waals surface area contributed by atoms with Crippen LogP contribution in [-0.4, -0.2) is 49.2 Å². The van der Waals surface area contributed by atoms with Crippen molar-refractivity contribution in [1.82, 2.24) is 4.90 Å². The van der Waals surface area contributed by atoms with Gasteiger partial charge in [-0.1, -0.05) is 0 Å². The normalized spacial score (nSPS) is 24.9. The predicted molar refractivity (Wildman–Crippen MR) is 55.2 cm³/mol. The molecule has 1 heterocycles. The van der Waals surface area contributed by atoms with Crippen molar-refractivity contribution in [2.24, 2.45) is 0 Å². The van der Waals surface area contributed by atoms with E-state index < -0.39 is 9.84 Å². The molecule has 6 heteroatoms. The van der Waals surface area contributed by atoms with Gasteiger partial charge in [-0.05, 0) is 13.3 Å². The molecule has 1 atom stereocenters. The van der Waals surface area contributed by atoms with Crippen molar-refractivity contribution in [2.75, 3.05) is 23.9 Å². The van der Waals surface area contributed by atoms with Crippen LogP contribution in [0.2, 0.25) is 0 Å². The maximum Gasteiger partial charge on any atom is 0.237 e. The predicted octanol–water partition coefficient (Wildman–Crippen LogP) is 0.261. The summed E-state index contributed by atoms with van der Waals surface area (Å²) in [5.74, 6) is 0.00804. The second-order valence-electron chi connectivity index (χ2n) is 3.37. The number of carbonyl (C=O) groups is 1. The zero-order valence-corrected chi connectivity index (χ0v) is 9.64. The smallest absolute Gasteiger partial charge is 0.237 e. The molecule has 0 saturated carbocycles. The van der Waals surface area contributed by atoms with Gasteiger partial charge in [0.2, 0.25) is 5.91 Å². The molecule has 0 aromatic rings. The SMILES string of the molecule is CCN(C(=O)CCl)[C@H]1CCS(=O)(=O)C1. The molecular formula is C8H14ClNO3S. The molecule has 0 unspecified atom stereocenters. The van der Waals surface area contributed by atoms with Crippen LogP contribution in [-0.2, 0) is 14.6 Å². The van der Waals surface area contributed by atoms with Gasteiger partial charge in [0.05, 0.1) is 11.5 Å². The zero-order valence-electron chi connectivity index (χ0n) is 8.07. The van der Waals surface area contributed by atoms with E-state index in [1.54, 1.807) is 4.90 Å². The summed E-state index contributed by atoms with van der Waals surface area (Å²) < 4.78 is 22.4. The Balaban J connectivity index is 2.69. The highest BCUT2D eigenvalue weighted by Crippen LogP contribution is 2.17. The van der Waals surface area contributed by atoms with E-state index in [1.807, 2.05) is 6.92 Å². The lowest BCUT2D eigenvalue weighted by atomic mass is 10.2. The maximum atomic E-state index is 11.3. The molecule has 0 aromatic carbocycles. The van der Waals surface area contributed by atoms with E-state index in [-0.39, 0.29) is 29.3 Å². The topological polar surface area (TPSA) is 54.5 Å². The maximum absolute atomic E-state index is 11.3. The highest BCUT2D eigenvalue weighted by Gasteiger charge is 2.33. The van der Waals surface area contributed by atoms with Gasteiger partial charge >= 0.3 is 0 Å². The van der Waals surface area contributed by atoms with Gasteiger partial charge in [0, 0.05) is 12.6 Å². The van der Waals surface area contributed by atoms with Crippen molar-refractivity contribution in [3.63, 3.8) is 0 Å². The zero-order chi connectivity index (χ0) is 10.8. The largest absolute Gasteiger partial charge is 0.338 e. The molecule has 4 nitrogen and oxygen atoms in total. The van der Waals surface area contributed by atoms with Crippen LogP contribution in [0, 0.1) is 0 Å². The Labute approximate surface area is 89.1 Å². The molecule has 1 amide bonds. The second kappa shape index (κ2) is 4.49. The average Bonchev–Trinajstić information content (AvgIpc) is 2.47. The van der Waals surface area contributed by atoms with Gasteiger partial charge < -0.3 is 4.90 Å². The van der Waals surface area contributed by atoms with Crippen LogP contribution >= 0.6 is 11.6 Å². The van der Waals surface area contributed by atoms with Crippen molar-refractivity contribution in [2.45, 2.75) is 19.4 Å². The number of hydrogen-bond donors (Lipinski definition) is 0. The second-order valence-corrected chi connectivity index (χ2v) is 5.87. The summed E-state index contributed by atoms with van der Waals surface area (Å²) in [5, 5.41) is 0. The van der Waals surface area contributed by atoms with Crippen LogP contribution in [0.15, 0.2) is 0 Å². The molecule has 0 N–H and O–H groups in total. The Bertz CT molecular complexity index is 315. The molecule has 0 bridgehead atoms. The van der Waals surface area contributed by atoms with Crippen LogP contribution in [0.25, 0.3) is 0 Å². The van der Waals surface area contributed by atoms with Crippen molar-refractivity contribution < 1.29 is 13.2 Å². The third-order valence-corrected chi connectivity index (χ3v) is 4.40. The van der Waals surface area contributed by atoms with Crippen LogP contribution in [0.4, 0.5) is 0 Å². The lowest BCUT2D eigenvalue weighted by molar-refractivity contribution is -0.130. The third kappa shape index (κ3) is 2.60. The Hall–Kier alpha value is -0.290. The van der Waals surface area contributed by atoms with Gasteiger partial charge in [-0.15, -0.1) is 11.6 Å². The molecule has 0 spiro atoms. The fraction of sp³-hybridized carbons (Fsp3) is 0.875. The molecule has 0 aliphatic carbocycles. The van der Waals surface area contributed by atoms with E-state index in [0.29, 0.717) is 13.0 Å². The Morgan fingerprint density at radius 2 is 2.21 bits per heavy atom. The van der Waals surface area contributed by atoms with E-state index in [9.17, 15) is 13.2 Å². The van der Waals surface area contributed by atoms with Crippen molar-refractivity contribution in [3.05, 3.63) is 0 Å². The van der Waals surface area contributed by atoms with Crippen molar-refractivity contribution in [3.8, 4) is 0 Å². The summed E-state index contributed by atoms with van der Waals surface area (Å²) in [6, 6.07) is -0.170. The van der Waals surface area contributed by atoms with Crippen LogP contribution < -0.4 is 0 Å². The molecule has 82 valence electrons. The van der Waals surface area contributed by atoms with E-state index in [1.165, 1.54) is 0 Å².